The van der Waals surface area contributed by atoms with E-state index in [-0.39, 0.29) is 12.5 Å². The molecule has 5 nitrogen and oxygen atoms in total. The fourth-order valence-electron chi connectivity index (χ4n) is 2.22. The van der Waals surface area contributed by atoms with Gasteiger partial charge < -0.3 is 15.2 Å². The van der Waals surface area contributed by atoms with E-state index in [4.69, 9.17) is 16.3 Å². The first-order valence-corrected chi connectivity index (χ1v) is 6.77. The van der Waals surface area contributed by atoms with Crippen molar-refractivity contribution in [1.82, 2.24) is 5.32 Å². The Morgan fingerprint density at radius 3 is 2.55 bits per heavy atom. The van der Waals surface area contributed by atoms with Crippen LogP contribution in [0.15, 0.2) is 24.3 Å². The zero-order valence-electron chi connectivity index (χ0n) is 10.9. The lowest BCUT2D eigenvalue weighted by Crippen LogP contribution is -2.46. The number of aliphatic carboxylic acids is 1. The van der Waals surface area contributed by atoms with Gasteiger partial charge in [-0.05, 0) is 25.0 Å². The topological polar surface area (TPSA) is 75.6 Å². The lowest BCUT2D eigenvalue weighted by Gasteiger charge is -2.33. The molecule has 6 heteroatoms. The summed E-state index contributed by atoms with van der Waals surface area (Å²) >= 11 is 5.94. The average Bonchev–Trinajstić information content (AvgIpc) is 2.46. The van der Waals surface area contributed by atoms with Gasteiger partial charge in [0.05, 0.1) is 16.0 Å². The lowest BCUT2D eigenvalue weighted by atomic mass is 9.80. The van der Waals surface area contributed by atoms with E-state index >= 15 is 0 Å². The van der Waals surface area contributed by atoms with Gasteiger partial charge in [0.15, 0.2) is 0 Å². The van der Waals surface area contributed by atoms with Crippen molar-refractivity contribution in [2.24, 2.45) is 5.41 Å². The van der Waals surface area contributed by atoms with Crippen LogP contribution in [-0.2, 0) is 9.53 Å². The maximum atomic E-state index is 12.1. The Morgan fingerprint density at radius 1 is 1.30 bits per heavy atom. The van der Waals surface area contributed by atoms with Gasteiger partial charge in [-0.2, -0.15) is 0 Å². The summed E-state index contributed by atoms with van der Waals surface area (Å²) in [5.41, 5.74) is -0.600. The van der Waals surface area contributed by atoms with Gasteiger partial charge in [0.25, 0.3) is 5.91 Å². The van der Waals surface area contributed by atoms with E-state index in [0.29, 0.717) is 36.6 Å². The maximum absolute atomic E-state index is 12.1. The summed E-state index contributed by atoms with van der Waals surface area (Å²) in [7, 11) is 0. The fourth-order valence-corrected chi connectivity index (χ4v) is 2.44. The number of carbonyl (C=O) groups excluding carboxylic acids is 1. The standard InChI is InChI=1S/C14H16ClNO4/c15-11-4-2-1-3-10(11)12(17)16-9-14(13(18)19)5-7-20-8-6-14/h1-4H,5-9H2,(H,16,17)(H,18,19). The van der Waals surface area contributed by atoms with Gasteiger partial charge in [-0.25, -0.2) is 0 Å². The molecular formula is C14H16ClNO4. The molecule has 1 amide bonds. The number of hydrogen-bond donors (Lipinski definition) is 2. The predicted octanol–water partition coefficient (Wildman–Crippen LogP) is 1.95. The number of amides is 1. The molecule has 2 N–H and O–H groups in total. The van der Waals surface area contributed by atoms with Crippen LogP contribution < -0.4 is 5.32 Å². The molecule has 0 saturated carbocycles. The van der Waals surface area contributed by atoms with Crippen molar-refractivity contribution < 1.29 is 19.4 Å². The minimum Gasteiger partial charge on any atom is -0.481 e. The van der Waals surface area contributed by atoms with Gasteiger partial charge >= 0.3 is 5.97 Å². The van der Waals surface area contributed by atoms with Crippen LogP contribution in [0, 0.1) is 5.41 Å². The smallest absolute Gasteiger partial charge is 0.311 e. The van der Waals surface area contributed by atoms with Crippen molar-refractivity contribution in [3.8, 4) is 0 Å². The SMILES string of the molecule is O=C(NCC1(C(=O)O)CCOCC1)c1ccccc1Cl. The van der Waals surface area contributed by atoms with Crippen LogP contribution in [0.4, 0.5) is 0 Å². The quantitative estimate of drug-likeness (QED) is 0.890. The second-order valence-corrected chi connectivity index (χ2v) is 5.27. The Kier molecular flexibility index (Phi) is 4.62. The van der Waals surface area contributed by atoms with Crippen molar-refractivity contribution in [3.05, 3.63) is 34.9 Å². The number of ether oxygens (including phenoxy) is 1. The molecular weight excluding hydrogens is 282 g/mol. The molecule has 1 saturated heterocycles. The molecule has 0 bridgehead atoms. The monoisotopic (exact) mass is 297 g/mol. The normalized spacial score (nSPS) is 17.4. The van der Waals surface area contributed by atoms with Gasteiger partial charge in [-0.3, -0.25) is 9.59 Å². The van der Waals surface area contributed by atoms with Crippen molar-refractivity contribution in [3.63, 3.8) is 0 Å². The Balaban J connectivity index is 2.05. The van der Waals surface area contributed by atoms with E-state index in [1.165, 1.54) is 0 Å². The molecule has 0 unspecified atom stereocenters. The summed E-state index contributed by atoms with van der Waals surface area (Å²) < 4.78 is 5.19. The van der Waals surface area contributed by atoms with Gasteiger partial charge in [-0.15, -0.1) is 0 Å². The summed E-state index contributed by atoms with van der Waals surface area (Å²) in [6.45, 7) is 0.873. The van der Waals surface area contributed by atoms with Crippen LogP contribution in [0.2, 0.25) is 5.02 Å². The average molecular weight is 298 g/mol. The highest BCUT2D eigenvalue weighted by molar-refractivity contribution is 6.33. The Morgan fingerprint density at radius 2 is 1.95 bits per heavy atom. The van der Waals surface area contributed by atoms with E-state index in [1.54, 1.807) is 24.3 Å². The van der Waals surface area contributed by atoms with E-state index in [2.05, 4.69) is 5.32 Å². The third-order valence-corrected chi connectivity index (χ3v) is 3.94. The molecule has 20 heavy (non-hydrogen) atoms. The predicted molar refractivity (Wildman–Crippen MR) is 73.9 cm³/mol. The first-order valence-electron chi connectivity index (χ1n) is 6.39. The highest BCUT2D eigenvalue weighted by atomic mass is 35.5. The second kappa shape index (κ2) is 6.24. The summed E-state index contributed by atoms with van der Waals surface area (Å²) in [5.74, 6) is -1.26. The van der Waals surface area contributed by atoms with Gasteiger partial charge in [0.1, 0.15) is 0 Å². The van der Waals surface area contributed by atoms with Crippen molar-refractivity contribution >= 4 is 23.5 Å². The van der Waals surface area contributed by atoms with Gasteiger partial charge in [-0.1, -0.05) is 23.7 Å². The number of carboxylic acid groups (broad SMARTS) is 1. The van der Waals surface area contributed by atoms with Crippen LogP contribution in [0.5, 0.6) is 0 Å². The summed E-state index contributed by atoms with van der Waals surface area (Å²) in [4.78, 5) is 23.5. The molecule has 0 radical (unpaired) electrons. The van der Waals surface area contributed by atoms with Crippen molar-refractivity contribution in [2.45, 2.75) is 12.8 Å². The number of nitrogens with one attached hydrogen (secondary N) is 1. The van der Waals surface area contributed by atoms with Crippen LogP contribution in [-0.4, -0.2) is 36.7 Å². The molecule has 1 heterocycles. The molecule has 2 rings (SSSR count). The number of benzene rings is 1. The summed E-state index contributed by atoms with van der Waals surface area (Å²) in [5, 5.41) is 12.4. The number of hydrogen-bond acceptors (Lipinski definition) is 3. The summed E-state index contributed by atoms with van der Waals surface area (Å²) in [6, 6.07) is 6.67. The third-order valence-electron chi connectivity index (χ3n) is 3.61. The van der Waals surface area contributed by atoms with E-state index in [9.17, 15) is 14.7 Å². The highest BCUT2D eigenvalue weighted by Gasteiger charge is 2.40. The molecule has 1 fully saturated rings. The first kappa shape index (κ1) is 14.8. The Bertz CT molecular complexity index is 512. The Hall–Kier alpha value is -1.59. The minimum atomic E-state index is -0.949. The number of halogens is 1. The molecule has 0 atom stereocenters. The molecule has 1 aromatic rings. The molecule has 1 aliphatic heterocycles. The van der Waals surface area contributed by atoms with Gasteiger partial charge in [0.2, 0.25) is 0 Å². The molecule has 0 aliphatic carbocycles. The van der Waals surface area contributed by atoms with Gasteiger partial charge in [0, 0.05) is 19.8 Å². The van der Waals surface area contributed by atoms with Crippen molar-refractivity contribution in [1.29, 1.82) is 0 Å². The second-order valence-electron chi connectivity index (χ2n) is 4.86. The third kappa shape index (κ3) is 3.11. The summed E-state index contributed by atoms with van der Waals surface area (Å²) in [6.07, 6.45) is 0.788. The first-order chi connectivity index (χ1) is 9.55. The number of rotatable bonds is 4. The van der Waals surface area contributed by atoms with Crippen LogP contribution >= 0.6 is 11.6 Å². The zero-order valence-corrected chi connectivity index (χ0v) is 11.7. The van der Waals surface area contributed by atoms with Crippen molar-refractivity contribution in [2.75, 3.05) is 19.8 Å². The maximum Gasteiger partial charge on any atom is 0.311 e. The van der Waals surface area contributed by atoms with E-state index in [1.807, 2.05) is 0 Å². The molecule has 0 aromatic heterocycles. The fraction of sp³-hybridized carbons (Fsp3) is 0.429. The molecule has 0 spiro atoms. The highest BCUT2D eigenvalue weighted by Crippen LogP contribution is 2.30. The molecule has 108 valence electrons. The minimum absolute atomic E-state index is 0.0791. The Labute approximate surface area is 121 Å². The number of carbonyl (C=O) groups is 2. The van der Waals surface area contributed by atoms with E-state index in [0.717, 1.165) is 0 Å². The van der Waals surface area contributed by atoms with Crippen LogP contribution in [0.25, 0.3) is 0 Å². The molecule has 1 aliphatic rings. The van der Waals surface area contributed by atoms with Crippen LogP contribution in [0.3, 0.4) is 0 Å². The largest absolute Gasteiger partial charge is 0.481 e. The lowest BCUT2D eigenvalue weighted by molar-refractivity contribution is -0.154. The zero-order chi connectivity index (χ0) is 14.6. The molecule has 1 aromatic carbocycles. The van der Waals surface area contributed by atoms with Crippen LogP contribution in [0.1, 0.15) is 23.2 Å². The number of carboxylic acids is 1. The van der Waals surface area contributed by atoms with E-state index < -0.39 is 11.4 Å².